The Kier molecular flexibility index (Phi) is 6.56. The van der Waals surface area contributed by atoms with Crippen molar-refractivity contribution >= 4 is 11.5 Å². The Morgan fingerprint density at radius 3 is 2.47 bits per heavy atom. The normalized spacial score (nSPS) is 11.1. The Balaban J connectivity index is 1.78. The molecule has 0 bridgehead atoms. The summed E-state index contributed by atoms with van der Waals surface area (Å²) in [6, 6.07) is 18.0. The minimum Gasteiger partial charge on any atom is -0.469 e. The van der Waals surface area contributed by atoms with Gasteiger partial charge in [-0.3, -0.25) is 23.9 Å². The van der Waals surface area contributed by atoms with Gasteiger partial charge in [0.2, 0.25) is 0 Å². The van der Waals surface area contributed by atoms with Gasteiger partial charge in [-0.15, -0.1) is 0 Å². The number of hydrogen-bond donors (Lipinski definition) is 1. The largest absolute Gasteiger partial charge is 0.469 e. The zero-order valence-electron chi connectivity index (χ0n) is 20.7. The molecule has 0 saturated heterocycles. The number of rotatable bonds is 7. The van der Waals surface area contributed by atoms with Gasteiger partial charge in [-0.05, 0) is 24.6 Å². The smallest absolute Gasteiger partial charge is 0.329 e. The van der Waals surface area contributed by atoms with E-state index in [0.29, 0.717) is 23.4 Å². The summed E-state index contributed by atoms with van der Waals surface area (Å²) in [5.74, 6) is -0.876. The fourth-order valence-electron chi connectivity index (χ4n) is 4.34. The van der Waals surface area contributed by atoms with E-state index >= 15 is 0 Å². The number of carbonyl (C=O) groups is 1. The molecule has 0 aliphatic rings. The van der Waals surface area contributed by atoms with Crippen LogP contribution >= 0.6 is 0 Å². The number of ether oxygens (including phenoxy) is 1. The molecule has 1 N–H and O–H groups in total. The zero-order chi connectivity index (χ0) is 26.8. The highest BCUT2D eigenvalue weighted by Gasteiger charge is 2.22. The van der Waals surface area contributed by atoms with Crippen molar-refractivity contribution in [2.45, 2.75) is 26.3 Å². The predicted octanol–water partition coefficient (Wildman–Crippen LogP) is 2.19. The van der Waals surface area contributed by atoms with Crippen molar-refractivity contribution in [2.24, 2.45) is 0 Å². The number of H-pyrrole nitrogens is 1. The molecule has 0 saturated carbocycles. The SMILES string of the molecule is CCCn1c(=O)[nH]c(-n2nc(-c3c(-c4ccccc4)nn4ccccc34)ccc2=O)c(CC(=O)OC)c1=O. The van der Waals surface area contributed by atoms with Crippen LogP contribution in [0, 0.1) is 0 Å². The minimum atomic E-state index is -0.708. The van der Waals surface area contributed by atoms with E-state index in [2.05, 4.69) is 10.1 Å². The molecule has 5 rings (SSSR count). The number of carbonyl (C=O) groups excluding carboxylic acids is 1. The number of benzene rings is 1. The third-order valence-electron chi connectivity index (χ3n) is 6.11. The first kappa shape index (κ1) is 24.6. The summed E-state index contributed by atoms with van der Waals surface area (Å²) >= 11 is 0. The number of aromatic nitrogens is 6. The van der Waals surface area contributed by atoms with Crippen LogP contribution in [0.3, 0.4) is 0 Å². The van der Waals surface area contributed by atoms with Crippen molar-refractivity contribution in [2.75, 3.05) is 7.11 Å². The van der Waals surface area contributed by atoms with E-state index < -0.39 is 29.2 Å². The quantitative estimate of drug-likeness (QED) is 0.331. The summed E-state index contributed by atoms with van der Waals surface area (Å²) in [5, 5.41) is 9.28. The molecule has 0 amide bonds. The van der Waals surface area contributed by atoms with Crippen LogP contribution in [0.25, 0.3) is 33.8 Å². The second-order valence-electron chi connectivity index (χ2n) is 8.56. The molecule has 0 spiro atoms. The number of methoxy groups -OCH3 is 1. The summed E-state index contributed by atoms with van der Waals surface area (Å²) in [5.41, 5.74) is 1.17. The fraction of sp³-hybridized carbons (Fsp3) is 0.185. The molecule has 11 heteroatoms. The number of aromatic amines is 1. The van der Waals surface area contributed by atoms with Crippen LogP contribution in [0.1, 0.15) is 18.9 Å². The first-order valence-corrected chi connectivity index (χ1v) is 12.0. The Hall–Kier alpha value is -5.06. The highest BCUT2D eigenvalue weighted by molar-refractivity contribution is 5.90. The van der Waals surface area contributed by atoms with E-state index in [1.165, 1.54) is 13.2 Å². The van der Waals surface area contributed by atoms with Crippen LogP contribution < -0.4 is 16.8 Å². The molecule has 0 aliphatic carbocycles. The molecule has 5 aromatic rings. The Labute approximate surface area is 215 Å². The van der Waals surface area contributed by atoms with Crippen LogP contribution in [-0.4, -0.2) is 42.0 Å². The van der Waals surface area contributed by atoms with Crippen molar-refractivity contribution in [3.63, 3.8) is 0 Å². The lowest BCUT2D eigenvalue weighted by Crippen LogP contribution is -2.41. The lowest BCUT2D eigenvalue weighted by Gasteiger charge is -2.13. The van der Waals surface area contributed by atoms with Crippen molar-refractivity contribution in [3.05, 3.63) is 104 Å². The number of nitrogens with one attached hydrogen (secondary N) is 1. The lowest BCUT2D eigenvalue weighted by atomic mass is 10.0. The molecule has 4 heterocycles. The Morgan fingerprint density at radius 2 is 1.74 bits per heavy atom. The Morgan fingerprint density at radius 1 is 0.974 bits per heavy atom. The molecule has 38 heavy (non-hydrogen) atoms. The highest BCUT2D eigenvalue weighted by atomic mass is 16.5. The maximum atomic E-state index is 13.2. The number of hydrogen-bond acceptors (Lipinski definition) is 7. The maximum Gasteiger partial charge on any atom is 0.329 e. The van der Waals surface area contributed by atoms with Gasteiger partial charge in [0, 0.05) is 24.4 Å². The average molecular weight is 513 g/mol. The second-order valence-corrected chi connectivity index (χ2v) is 8.56. The van der Waals surface area contributed by atoms with E-state index in [-0.39, 0.29) is 17.9 Å². The third-order valence-corrected chi connectivity index (χ3v) is 6.11. The van der Waals surface area contributed by atoms with Gasteiger partial charge < -0.3 is 4.74 Å². The second kappa shape index (κ2) is 10.1. The molecule has 11 nitrogen and oxygen atoms in total. The summed E-state index contributed by atoms with van der Waals surface area (Å²) in [6.07, 6.45) is 1.88. The van der Waals surface area contributed by atoms with Gasteiger partial charge in [-0.2, -0.15) is 14.9 Å². The number of fused-ring (bicyclic) bond motifs is 1. The van der Waals surface area contributed by atoms with E-state index in [4.69, 9.17) is 9.84 Å². The molecular formula is C27H24N6O5. The van der Waals surface area contributed by atoms with Crippen molar-refractivity contribution in [1.29, 1.82) is 0 Å². The van der Waals surface area contributed by atoms with Crippen molar-refractivity contribution in [1.82, 2.24) is 28.9 Å². The number of pyridine rings is 1. The molecule has 0 radical (unpaired) electrons. The monoisotopic (exact) mass is 512 g/mol. The zero-order valence-corrected chi connectivity index (χ0v) is 20.7. The summed E-state index contributed by atoms with van der Waals surface area (Å²) in [7, 11) is 1.19. The van der Waals surface area contributed by atoms with E-state index in [1.54, 1.807) is 16.8 Å². The van der Waals surface area contributed by atoms with Gasteiger partial charge >= 0.3 is 11.7 Å². The molecule has 0 aliphatic heterocycles. The lowest BCUT2D eigenvalue weighted by molar-refractivity contribution is -0.139. The summed E-state index contributed by atoms with van der Waals surface area (Å²) in [6.45, 7) is 1.96. The molecule has 192 valence electrons. The van der Waals surface area contributed by atoms with Gasteiger partial charge in [-0.25, -0.2) is 9.31 Å². The van der Waals surface area contributed by atoms with E-state index in [9.17, 15) is 19.2 Å². The molecule has 1 aromatic carbocycles. The van der Waals surface area contributed by atoms with Crippen LogP contribution in [0.5, 0.6) is 0 Å². The predicted molar refractivity (Wildman–Crippen MR) is 140 cm³/mol. The number of nitrogens with zero attached hydrogens (tertiary/aromatic N) is 5. The van der Waals surface area contributed by atoms with Gasteiger partial charge in [0.15, 0.2) is 0 Å². The Bertz CT molecular complexity index is 1830. The first-order valence-electron chi connectivity index (χ1n) is 12.0. The highest BCUT2D eigenvalue weighted by Crippen LogP contribution is 2.33. The molecule has 4 aromatic heterocycles. The van der Waals surface area contributed by atoms with Crippen LogP contribution in [0.15, 0.2) is 81.2 Å². The molecule has 0 atom stereocenters. The summed E-state index contributed by atoms with van der Waals surface area (Å²) in [4.78, 5) is 53.8. The molecule has 0 fully saturated rings. The van der Waals surface area contributed by atoms with Crippen LogP contribution in [0.2, 0.25) is 0 Å². The van der Waals surface area contributed by atoms with Gasteiger partial charge in [-0.1, -0.05) is 43.3 Å². The van der Waals surface area contributed by atoms with Crippen LogP contribution in [0.4, 0.5) is 0 Å². The molecule has 0 unspecified atom stereocenters. The van der Waals surface area contributed by atoms with Crippen LogP contribution in [-0.2, 0) is 22.5 Å². The van der Waals surface area contributed by atoms with Crippen molar-refractivity contribution < 1.29 is 9.53 Å². The fourth-order valence-corrected chi connectivity index (χ4v) is 4.34. The first-order chi connectivity index (χ1) is 18.4. The topological polar surface area (TPSA) is 133 Å². The maximum absolute atomic E-state index is 13.2. The standard InChI is InChI=1S/C27H24N6O5/c1-3-14-31-26(36)18(16-22(35)38-2)25(28-27(31)37)33-21(34)13-12-19(29-33)23-20-11-7-8-15-32(20)30-24(23)17-9-5-4-6-10-17/h4-13,15H,3,14,16H2,1-2H3,(H,28,37). The van der Waals surface area contributed by atoms with E-state index in [0.717, 1.165) is 20.3 Å². The summed E-state index contributed by atoms with van der Waals surface area (Å²) < 4.78 is 8.41. The van der Waals surface area contributed by atoms with Gasteiger partial charge in [0.25, 0.3) is 11.1 Å². The molecular weight excluding hydrogens is 488 g/mol. The van der Waals surface area contributed by atoms with Gasteiger partial charge in [0.05, 0.1) is 35.9 Å². The number of esters is 1. The minimum absolute atomic E-state index is 0.0974. The van der Waals surface area contributed by atoms with E-state index in [1.807, 2.05) is 55.5 Å². The average Bonchev–Trinajstić information content (AvgIpc) is 3.33. The van der Waals surface area contributed by atoms with Gasteiger partial charge in [0.1, 0.15) is 11.5 Å². The van der Waals surface area contributed by atoms with Crippen molar-refractivity contribution in [3.8, 4) is 28.3 Å². The third kappa shape index (κ3) is 4.34.